The van der Waals surface area contributed by atoms with Crippen LogP contribution in [0.15, 0.2) is 12.7 Å². The van der Waals surface area contributed by atoms with Gasteiger partial charge in [-0.05, 0) is 24.7 Å². The van der Waals surface area contributed by atoms with E-state index in [0.717, 1.165) is 5.92 Å². The lowest BCUT2D eigenvalue weighted by Crippen LogP contribution is -2.18. The fourth-order valence-electron chi connectivity index (χ4n) is 1.75. The third kappa shape index (κ3) is 3.62. The summed E-state index contributed by atoms with van der Waals surface area (Å²) in [6.45, 7) is 6.23. The normalized spacial score (nSPS) is 28.1. The predicted molar refractivity (Wildman–Crippen MR) is 52.3 cm³/mol. The van der Waals surface area contributed by atoms with Gasteiger partial charge in [0.1, 0.15) is 0 Å². The molecule has 0 unspecified atom stereocenters. The standard InChI is InChI=1S/C11H18O2/c1-3-11(12)13-8-10-6-4-9(2)5-7-10/h3,9-10H,1,4-8H2,2H3. The Labute approximate surface area is 80.0 Å². The quantitative estimate of drug-likeness (QED) is 0.495. The molecule has 1 rings (SSSR count). The van der Waals surface area contributed by atoms with Crippen molar-refractivity contribution in [2.75, 3.05) is 6.61 Å². The summed E-state index contributed by atoms with van der Waals surface area (Å²) in [4.78, 5) is 10.8. The number of carbonyl (C=O) groups is 1. The summed E-state index contributed by atoms with van der Waals surface area (Å²) in [6.07, 6.45) is 6.18. The number of hydrogen-bond acceptors (Lipinski definition) is 2. The van der Waals surface area contributed by atoms with Crippen molar-refractivity contribution in [3.8, 4) is 0 Å². The Morgan fingerprint density at radius 1 is 1.46 bits per heavy atom. The Balaban J connectivity index is 2.15. The van der Waals surface area contributed by atoms with Crippen LogP contribution in [0.1, 0.15) is 32.6 Å². The lowest BCUT2D eigenvalue weighted by molar-refractivity contribution is -0.139. The van der Waals surface area contributed by atoms with Gasteiger partial charge in [-0.2, -0.15) is 0 Å². The van der Waals surface area contributed by atoms with E-state index in [1.165, 1.54) is 31.8 Å². The molecule has 0 heterocycles. The zero-order valence-corrected chi connectivity index (χ0v) is 8.29. The molecule has 1 aliphatic rings. The molecular weight excluding hydrogens is 164 g/mol. The van der Waals surface area contributed by atoms with Crippen molar-refractivity contribution < 1.29 is 9.53 Å². The smallest absolute Gasteiger partial charge is 0.330 e. The average molecular weight is 182 g/mol. The van der Waals surface area contributed by atoms with Crippen LogP contribution in [0.5, 0.6) is 0 Å². The molecule has 2 heteroatoms. The topological polar surface area (TPSA) is 26.3 Å². The summed E-state index contributed by atoms with van der Waals surface area (Å²) in [5, 5.41) is 0. The molecule has 2 nitrogen and oxygen atoms in total. The van der Waals surface area contributed by atoms with Crippen LogP contribution in [0.25, 0.3) is 0 Å². The SMILES string of the molecule is C=CC(=O)OCC1CCC(C)CC1. The van der Waals surface area contributed by atoms with Crippen molar-refractivity contribution in [3.63, 3.8) is 0 Å². The van der Waals surface area contributed by atoms with Gasteiger partial charge in [0, 0.05) is 6.08 Å². The molecule has 74 valence electrons. The highest BCUT2D eigenvalue weighted by molar-refractivity contribution is 5.81. The maximum atomic E-state index is 10.8. The van der Waals surface area contributed by atoms with E-state index in [0.29, 0.717) is 12.5 Å². The van der Waals surface area contributed by atoms with E-state index in [1.807, 2.05) is 0 Å². The third-order valence-electron chi connectivity index (χ3n) is 2.76. The lowest BCUT2D eigenvalue weighted by atomic mass is 9.83. The molecule has 0 N–H and O–H groups in total. The van der Waals surface area contributed by atoms with Crippen LogP contribution < -0.4 is 0 Å². The van der Waals surface area contributed by atoms with E-state index in [2.05, 4.69) is 13.5 Å². The van der Waals surface area contributed by atoms with Crippen molar-refractivity contribution in [3.05, 3.63) is 12.7 Å². The highest BCUT2D eigenvalue weighted by Crippen LogP contribution is 2.28. The first-order chi connectivity index (χ1) is 6.22. The van der Waals surface area contributed by atoms with Crippen LogP contribution in [0.4, 0.5) is 0 Å². The molecule has 0 aromatic rings. The van der Waals surface area contributed by atoms with Crippen molar-refractivity contribution in [1.29, 1.82) is 0 Å². The Kier molecular flexibility index (Phi) is 4.00. The minimum Gasteiger partial charge on any atom is -0.462 e. The largest absolute Gasteiger partial charge is 0.462 e. The first kappa shape index (κ1) is 10.3. The van der Waals surface area contributed by atoms with E-state index in [9.17, 15) is 4.79 Å². The number of carbonyl (C=O) groups excluding carboxylic acids is 1. The maximum Gasteiger partial charge on any atom is 0.330 e. The highest BCUT2D eigenvalue weighted by atomic mass is 16.5. The zero-order valence-electron chi connectivity index (χ0n) is 8.29. The van der Waals surface area contributed by atoms with E-state index in [1.54, 1.807) is 0 Å². The minimum absolute atomic E-state index is 0.293. The van der Waals surface area contributed by atoms with E-state index >= 15 is 0 Å². The fraction of sp³-hybridized carbons (Fsp3) is 0.727. The van der Waals surface area contributed by atoms with Crippen LogP contribution in [-0.4, -0.2) is 12.6 Å². The highest BCUT2D eigenvalue weighted by Gasteiger charge is 2.18. The third-order valence-corrected chi connectivity index (χ3v) is 2.76. The van der Waals surface area contributed by atoms with Gasteiger partial charge in [-0.1, -0.05) is 26.3 Å². The molecule has 0 saturated heterocycles. The first-order valence-corrected chi connectivity index (χ1v) is 5.01. The molecule has 0 radical (unpaired) electrons. The number of hydrogen-bond donors (Lipinski definition) is 0. The molecule has 13 heavy (non-hydrogen) atoms. The van der Waals surface area contributed by atoms with E-state index in [-0.39, 0.29) is 5.97 Å². The van der Waals surface area contributed by atoms with Crippen molar-refractivity contribution in [2.45, 2.75) is 32.6 Å². The summed E-state index contributed by atoms with van der Waals surface area (Å²) >= 11 is 0. The summed E-state index contributed by atoms with van der Waals surface area (Å²) in [5.74, 6) is 1.14. The Morgan fingerprint density at radius 2 is 2.08 bits per heavy atom. The Bertz CT molecular complexity index is 179. The molecule has 0 aliphatic heterocycles. The molecule has 0 bridgehead atoms. The molecule has 1 aliphatic carbocycles. The molecule has 0 spiro atoms. The van der Waals surface area contributed by atoms with Gasteiger partial charge < -0.3 is 4.74 Å². The molecule has 0 aromatic heterocycles. The second-order valence-electron chi connectivity index (χ2n) is 3.96. The van der Waals surface area contributed by atoms with Crippen molar-refractivity contribution in [2.24, 2.45) is 11.8 Å². The minimum atomic E-state index is -0.293. The van der Waals surface area contributed by atoms with Crippen LogP contribution in [-0.2, 0) is 9.53 Å². The summed E-state index contributed by atoms with van der Waals surface area (Å²) < 4.78 is 5.01. The fourth-order valence-corrected chi connectivity index (χ4v) is 1.75. The number of esters is 1. The lowest BCUT2D eigenvalue weighted by Gasteiger charge is -2.25. The first-order valence-electron chi connectivity index (χ1n) is 5.01. The van der Waals surface area contributed by atoms with Gasteiger partial charge in [-0.3, -0.25) is 0 Å². The van der Waals surface area contributed by atoms with Crippen LogP contribution in [0, 0.1) is 11.8 Å². The Hall–Kier alpha value is -0.790. The van der Waals surface area contributed by atoms with Gasteiger partial charge in [0.25, 0.3) is 0 Å². The van der Waals surface area contributed by atoms with Crippen LogP contribution >= 0.6 is 0 Å². The molecule has 1 saturated carbocycles. The average Bonchev–Trinajstić information content (AvgIpc) is 2.16. The van der Waals surface area contributed by atoms with Gasteiger partial charge in [-0.15, -0.1) is 0 Å². The molecule has 1 fully saturated rings. The van der Waals surface area contributed by atoms with Gasteiger partial charge in [0.15, 0.2) is 0 Å². The van der Waals surface area contributed by atoms with Gasteiger partial charge in [-0.25, -0.2) is 4.79 Å². The Morgan fingerprint density at radius 3 is 2.62 bits per heavy atom. The van der Waals surface area contributed by atoms with Crippen LogP contribution in [0.3, 0.4) is 0 Å². The van der Waals surface area contributed by atoms with E-state index < -0.39 is 0 Å². The van der Waals surface area contributed by atoms with Gasteiger partial charge in [0.2, 0.25) is 0 Å². The zero-order chi connectivity index (χ0) is 9.68. The second kappa shape index (κ2) is 5.05. The molecule has 0 amide bonds. The van der Waals surface area contributed by atoms with Crippen LogP contribution in [0.2, 0.25) is 0 Å². The second-order valence-corrected chi connectivity index (χ2v) is 3.96. The predicted octanol–water partition coefficient (Wildman–Crippen LogP) is 2.54. The summed E-state index contributed by atoms with van der Waals surface area (Å²) in [5.41, 5.74) is 0. The van der Waals surface area contributed by atoms with Crippen molar-refractivity contribution >= 4 is 5.97 Å². The number of ether oxygens (including phenoxy) is 1. The molecule has 0 atom stereocenters. The summed E-state index contributed by atoms with van der Waals surface area (Å²) in [7, 11) is 0. The van der Waals surface area contributed by atoms with Gasteiger partial charge in [0.05, 0.1) is 6.61 Å². The molecular formula is C11H18O2. The summed E-state index contributed by atoms with van der Waals surface area (Å²) in [6, 6.07) is 0. The molecule has 0 aromatic carbocycles. The van der Waals surface area contributed by atoms with Gasteiger partial charge >= 0.3 is 5.97 Å². The monoisotopic (exact) mass is 182 g/mol. The number of rotatable bonds is 3. The maximum absolute atomic E-state index is 10.8. The van der Waals surface area contributed by atoms with E-state index in [4.69, 9.17) is 4.74 Å². The van der Waals surface area contributed by atoms with Crippen molar-refractivity contribution in [1.82, 2.24) is 0 Å².